The molecule has 3 nitrogen and oxygen atoms in total. The molecule has 3 heteroatoms. The maximum absolute atomic E-state index is 9.54. The lowest BCUT2D eigenvalue weighted by atomic mass is 10.1. The molecular formula is C10H22O3. The van der Waals surface area contributed by atoms with Crippen molar-refractivity contribution in [3.63, 3.8) is 0 Å². The minimum absolute atomic E-state index is 0.545. The third-order valence-electron chi connectivity index (χ3n) is 2.23. The average Bonchev–Trinajstić information content (AvgIpc) is 2.17. The van der Waals surface area contributed by atoms with Crippen LogP contribution in [0.1, 0.15) is 45.4 Å². The molecule has 0 aliphatic heterocycles. The number of methoxy groups -OCH3 is 2. The van der Waals surface area contributed by atoms with Crippen molar-refractivity contribution < 1.29 is 14.6 Å². The molecule has 13 heavy (non-hydrogen) atoms. The van der Waals surface area contributed by atoms with Crippen molar-refractivity contribution in [1.82, 2.24) is 0 Å². The number of hydrogen-bond donors (Lipinski definition) is 1. The fraction of sp³-hybridized carbons (Fsp3) is 1.00. The number of aliphatic hydroxyl groups is 1. The zero-order valence-corrected chi connectivity index (χ0v) is 9.01. The summed E-state index contributed by atoms with van der Waals surface area (Å²) in [6, 6.07) is 0. The molecule has 0 amide bonds. The summed E-state index contributed by atoms with van der Waals surface area (Å²) in [4.78, 5) is 0. The molecule has 80 valence electrons. The van der Waals surface area contributed by atoms with Crippen LogP contribution in [0.5, 0.6) is 0 Å². The van der Waals surface area contributed by atoms with Crippen LogP contribution in [0.2, 0.25) is 0 Å². The Morgan fingerprint density at radius 2 is 1.54 bits per heavy atom. The molecule has 0 fully saturated rings. The second kappa shape index (κ2) is 7.30. The minimum Gasteiger partial charge on any atom is -0.343 e. The van der Waals surface area contributed by atoms with Crippen LogP contribution in [0.15, 0.2) is 0 Å². The molecular weight excluding hydrogens is 168 g/mol. The summed E-state index contributed by atoms with van der Waals surface area (Å²) >= 11 is 0. The molecule has 0 aromatic carbocycles. The summed E-state index contributed by atoms with van der Waals surface area (Å²) < 4.78 is 9.65. The predicted octanol–water partition coefficient (Wildman–Crippen LogP) is 2.29. The van der Waals surface area contributed by atoms with Gasteiger partial charge in [0.25, 0.3) is 5.97 Å². The first kappa shape index (κ1) is 12.9. The smallest absolute Gasteiger partial charge is 0.279 e. The topological polar surface area (TPSA) is 38.7 Å². The highest BCUT2D eigenvalue weighted by molar-refractivity contribution is 4.53. The molecule has 0 spiro atoms. The minimum atomic E-state index is -1.37. The molecule has 0 aromatic rings. The zero-order chi connectivity index (χ0) is 10.2. The van der Waals surface area contributed by atoms with Gasteiger partial charge >= 0.3 is 0 Å². The highest BCUT2D eigenvalue weighted by atomic mass is 16.8. The summed E-state index contributed by atoms with van der Waals surface area (Å²) in [5.41, 5.74) is 0. The van der Waals surface area contributed by atoms with Crippen LogP contribution in [-0.2, 0) is 9.47 Å². The van der Waals surface area contributed by atoms with Gasteiger partial charge in [-0.2, -0.15) is 0 Å². The molecule has 0 heterocycles. The van der Waals surface area contributed by atoms with Gasteiger partial charge in [-0.25, -0.2) is 0 Å². The van der Waals surface area contributed by atoms with Crippen molar-refractivity contribution in [3.05, 3.63) is 0 Å². The molecule has 0 unspecified atom stereocenters. The number of rotatable bonds is 8. The molecule has 0 saturated heterocycles. The van der Waals surface area contributed by atoms with Crippen molar-refractivity contribution in [2.75, 3.05) is 14.2 Å². The lowest BCUT2D eigenvalue weighted by molar-refractivity contribution is -0.342. The Labute approximate surface area is 81.0 Å². The standard InChI is InChI=1S/C10H22O3/c1-4-5-6-7-8-9-10(11,12-2)13-3/h11H,4-9H2,1-3H3. The van der Waals surface area contributed by atoms with Gasteiger partial charge in [0.15, 0.2) is 0 Å². The summed E-state index contributed by atoms with van der Waals surface area (Å²) in [6.07, 6.45) is 6.34. The van der Waals surface area contributed by atoms with Crippen molar-refractivity contribution in [2.45, 2.75) is 51.4 Å². The Bertz CT molecular complexity index is 111. The summed E-state index contributed by atoms with van der Waals surface area (Å²) in [5, 5.41) is 9.54. The molecule has 0 rings (SSSR count). The fourth-order valence-corrected chi connectivity index (χ4v) is 1.24. The monoisotopic (exact) mass is 190 g/mol. The number of unbranched alkanes of at least 4 members (excludes halogenated alkanes) is 4. The normalized spacial score (nSPS) is 12.0. The van der Waals surface area contributed by atoms with E-state index in [1.807, 2.05) is 0 Å². The largest absolute Gasteiger partial charge is 0.343 e. The molecule has 0 bridgehead atoms. The first-order chi connectivity index (χ1) is 6.18. The van der Waals surface area contributed by atoms with E-state index in [0.29, 0.717) is 6.42 Å². The van der Waals surface area contributed by atoms with Crippen LogP contribution in [-0.4, -0.2) is 25.3 Å². The highest BCUT2D eigenvalue weighted by Crippen LogP contribution is 2.17. The van der Waals surface area contributed by atoms with E-state index in [9.17, 15) is 5.11 Å². The van der Waals surface area contributed by atoms with Crippen LogP contribution in [0.4, 0.5) is 0 Å². The lowest BCUT2D eigenvalue weighted by Crippen LogP contribution is -2.32. The van der Waals surface area contributed by atoms with E-state index in [2.05, 4.69) is 6.92 Å². The summed E-state index contributed by atoms with van der Waals surface area (Å²) in [7, 11) is 2.91. The van der Waals surface area contributed by atoms with Gasteiger partial charge in [-0.1, -0.05) is 32.6 Å². The van der Waals surface area contributed by atoms with Gasteiger partial charge in [0.2, 0.25) is 0 Å². The first-order valence-electron chi connectivity index (χ1n) is 5.01. The van der Waals surface area contributed by atoms with Crippen molar-refractivity contribution >= 4 is 0 Å². The quantitative estimate of drug-likeness (QED) is 0.471. The lowest BCUT2D eigenvalue weighted by Gasteiger charge is -2.23. The van der Waals surface area contributed by atoms with Crippen LogP contribution < -0.4 is 0 Å². The Morgan fingerprint density at radius 3 is 2.00 bits per heavy atom. The van der Waals surface area contributed by atoms with Crippen LogP contribution in [0.25, 0.3) is 0 Å². The molecule has 0 aromatic heterocycles. The van der Waals surface area contributed by atoms with E-state index in [-0.39, 0.29) is 0 Å². The van der Waals surface area contributed by atoms with E-state index < -0.39 is 5.97 Å². The molecule has 0 saturated carbocycles. The Kier molecular flexibility index (Phi) is 7.23. The second-order valence-electron chi connectivity index (χ2n) is 3.29. The summed E-state index contributed by atoms with van der Waals surface area (Å²) in [5.74, 6) is -1.37. The van der Waals surface area contributed by atoms with Crippen LogP contribution >= 0.6 is 0 Å². The van der Waals surface area contributed by atoms with Gasteiger partial charge in [-0.05, 0) is 6.42 Å². The highest BCUT2D eigenvalue weighted by Gasteiger charge is 2.24. The number of ether oxygens (including phenoxy) is 2. The maximum atomic E-state index is 9.54. The average molecular weight is 190 g/mol. The Morgan fingerprint density at radius 1 is 1.00 bits per heavy atom. The van der Waals surface area contributed by atoms with Crippen LogP contribution in [0, 0.1) is 0 Å². The van der Waals surface area contributed by atoms with E-state index in [0.717, 1.165) is 12.8 Å². The van der Waals surface area contributed by atoms with E-state index >= 15 is 0 Å². The fourth-order valence-electron chi connectivity index (χ4n) is 1.24. The molecule has 0 aliphatic rings. The van der Waals surface area contributed by atoms with Gasteiger partial charge in [-0.3, -0.25) is 0 Å². The maximum Gasteiger partial charge on any atom is 0.279 e. The van der Waals surface area contributed by atoms with Gasteiger partial charge < -0.3 is 14.6 Å². The van der Waals surface area contributed by atoms with E-state index in [1.54, 1.807) is 0 Å². The Hall–Kier alpha value is -0.120. The SMILES string of the molecule is CCCCCCCC(O)(OC)OC. The van der Waals surface area contributed by atoms with Crippen molar-refractivity contribution in [3.8, 4) is 0 Å². The third-order valence-corrected chi connectivity index (χ3v) is 2.23. The van der Waals surface area contributed by atoms with Gasteiger partial charge in [0.1, 0.15) is 0 Å². The molecule has 1 N–H and O–H groups in total. The van der Waals surface area contributed by atoms with E-state index in [1.165, 1.54) is 33.5 Å². The van der Waals surface area contributed by atoms with Crippen molar-refractivity contribution in [2.24, 2.45) is 0 Å². The van der Waals surface area contributed by atoms with Gasteiger partial charge in [-0.15, -0.1) is 0 Å². The molecule has 0 atom stereocenters. The zero-order valence-electron chi connectivity index (χ0n) is 9.01. The predicted molar refractivity (Wildman–Crippen MR) is 52.3 cm³/mol. The first-order valence-corrected chi connectivity index (χ1v) is 5.01. The van der Waals surface area contributed by atoms with Gasteiger partial charge in [0.05, 0.1) is 0 Å². The molecule has 0 radical (unpaired) electrons. The van der Waals surface area contributed by atoms with Crippen molar-refractivity contribution in [1.29, 1.82) is 0 Å². The molecule has 0 aliphatic carbocycles. The van der Waals surface area contributed by atoms with E-state index in [4.69, 9.17) is 9.47 Å². The van der Waals surface area contributed by atoms with Gasteiger partial charge in [0, 0.05) is 20.6 Å². The van der Waals surface area contributed by atoms with Crippen LogP contribution in [0.3, 0.4) is 0 Å². The number of hydrogen-bond acceptors (Lipinski definition) is 3. The Balaban J connectivity index is 3.39. The summed E-state index contributed by atoms with van der Waals surface area (Å²) in [6.45, 7) is 2.18. The second-order valence-corrected chi connectivity index (χ2v) is 3.29. The third kappa shape index (κ3) is 6.02.